The molecule has 1 saturated carbocycles. The summed E-state index contributed by atoms with van der Waals surface area (Å²) in [4.78, 5) is 15.4. The first-order chi connectivity index (χ1) is 30.7. The van der Waals surface area contributed by atoms with Crippen LogP contribution in [0.1, 0.15) is 43.2 Å². The largest absolute Gasteiger partial charge is 0.456 e. The maximum Gasteiger partial charge on any atom is 0.164 e. The van der Waals surface area contributed by atoms with Gasteiger partial charge in [-0.1, -0.05) is 147 Å². The predicted octanol–water partition coefficient (Wildman–Crippen LogP) is 15.2. The number of para-hydroxylation sites is 2. The Morgan fingerprint density at radius 2 is 0.790 bits per heavy atom. The molecular weight excluding hydrogens is 759 g/mol. The third kappa shape index (κ3) is 5.44. The number of benzene rings is 8. The second kappa shape index (κ2) is 13.7. The molecule has 1 fully saturated rings. The van der Waals surface area contributed by atoms with Crippen LogP contribution in [-0.4, -0.2) is 15.0 Å². The summed E-state index contributed by atoms with van der Waals surface area (Å²) in [5, 5.41) is 4.17. The first kappa shape index (κ1) is 35.2. The minimum absolute atomic E-state index is 0.145. The number of fused-ring (bicyclic) bond motifs is 11. The van der Waals surface area contributed by atoms with E-state index in [1.54, 1.807) is 0 Å². The number of aromatic nitrogens is 3. The Morgan fingerprint density at radius 1 is 0.339 bits per heavy atom. The third-order valence-corrected chi connectivity index (χ3v) is 13.6. The number of hydrogen-bond acceptors (Lipinski definition) is 5. The van der Waals surface area contributed by atoms with Gasteiger partial charge in [0.25, 0.3) is 0 Å². The molecule has 0 N–H and O–H groups in total. The van der Waals surface area contributed by atoms with E-state index in [4.69, 9.17) is 23.8 Å². The maximum atomic E-state index is 6.16. The predicted molar refractivity (Wildman–Crippen MR) is 251 cm³/mol. The molecule has 8 aromatic carbocycles. The molecule has 0 saturated heterocycles. The van der Waals surface area contributed by atoms with Crippen molar-refractivity contribution in [3.8, 4) is 67.5 Å². The van der Waals surface area contributed by atoms with E-state index in [0.717, 1.165) is 71.7 Å². The summed E-state index contributed by atoms with van der Waals surface area (Å²) in [6.45, 7) is 0. The molecule has 2 aliphatic carbocycles. The van der Waals surface area contributed by atoms with E-state index in [9.17, 15) is 0 Å². The smallest absolute Gasteiger partial charge is 0.164 e. The zero-order valence-electron chi connectivity index (χ0n) is 33.9. The lowest BCUT2D eigenvalue weighted by molar-refractivity contribution is 0.353. The Labute approximate surface area is 358 Å². The molecule has 0 atom stereocenters. The molecular formula is C57H39N3O2. The lowest BCUT2D eigenvalue weighted by Crippen LogP contribution is -2.27. The van der Waals surface area contributed by atoms with Crippen molar-refractivity contribution in [1.29, 1.82) is 0 Å². The molecule has 0 amide bonds. The van der Waals surface area contributed by atoms with Crippen LogP contribution in [0.15, 0.2) is 185 Å². The molecule has 1 spiro atoms. The van der Waals surface area contributed by atoms with Crippen LogP contribution in [0.5, 0.6) is 0 Å². The van der Waals surface area contributed by atoms with Crippen molar-refractivity contribution in [2.24, 2.45) is 0 Å². The molecule has 5 heteroatoms. The molecule has 0 bridgehead atoms. The quantitative estimate of drug-likeness (QED) is 0.174. The van der Waals surface area contributed by atoms with Crippen LogP contribution in [-0.2, 0) is 5.41 Å². The summed E-state index contributed by atoms with van der Waals surface area (Å²) in [5.41, 5.74) is 17.0. The molecule has 5 nitrogen and oxygen atoms in total. The van der Waals surface area contributed by atoms with Gasteiger partial charge in [-0.2, -0.15) is 0 Å². The minimum Gasteiger partial charge on any atom is -0.456 e. The van der Waals surface area contributed by atoms with Crippen LogP contribution in [0.2, 0.25) is 0 Å². The fourth-order valence-electron chi connectivity index (χ4n) is 10.6. The van der Waals surface area contributed by atoms with Gasteiger partial charge in [-0.05, 0) is 106 Å². The lowest BCUT2D eigenvalue weighted by Gasteiger charge is -2.36. The molecule has 2 aliphatic rings. The van der Waals surface area contributed by atoms with E-state index in [1.807, 2.05) is 60.7 Å². The Balaban J connectivity index is 0.875. The average molecular weight is 798 g/mol. The van der Waals surface area contributed by atoms with Gasteiger partial charge in [0.05, 0.1) is 0 Å². The summed E-state index contributed by atoms with van der Waals surface area (Å²) in [7, 11) is 0. The number of hydrogen-bond donors (Lipinski definition) is 0. The normalized spacial score (nSPS) is 14.3. The fraction of sp³-hybridized carbons (Fsp3) is 0.105. The standard InChI is InChI=1S/C57H39N3O2/c1-8-31-57(32-9-1)47-15-5-2-13-44(47)53-41(14-10-16-48(53)57)37-23-19-35(20-24-37)36-21-25-38(26-22-36)54-58-55(39-27-29-51-45(33-39)42-11-3-6-17-49(42)61-51)60-56(59-54)40-28-30-52-46(34-40)43-12-4-7-18-50(43)62-52/h2-7,10-30,33-34H,1,8-9,31-32H2. The summed E-state index contributed by atoms with van der Waals surface area (Å²) in [5.74, 6) is 1.80. The molecule has 0 unspecified atom stereocenters. The van der Waals surface area contributed by atoms with E-state index >= 15 is 0 Å². The van der Waals surface area contributed by atoms with Crippen molar-refractivity contribution < 1.29 is 8.83 Å². The van der Waals surface area contributed by atoms with Gasteiger partial charge in [0.2, 0.25) is 0 Å². The van der Waals surface area contributed by atoms with Gasteiger partial charge in [0, 0.05) is 43.7 Å². The van der Waals surface area contributed by atoms with Crippen molar-refractivity contribution >= 4 is 43.9 Å². The van der Waals surface area contributed by atoms with Crippen molar-refractivity contribution in [3.05, 3.63) is 187 Å². The van der Waals surface area contributed by atoms with E-state index in [0.29, 0.717) is 17.5 Å². The summed E-state index contributed by atoms with van der Waals surface area (Å²) in [6.07, 6.45) is 6.39. The highest BCUT2D eigenvalue weighted by atomic mass is 16.3. The first-order valence-electron chi connectivity index (χ1n) is 21.7. The van der Waals surface area contributed by atoms with Crippen molar-refractivity contribution in [2.45, 2.75) is 37.5 Å². The van der Waals surface area contributed by atoms with Gasteiger partial charge >= 0.3 is 0 Å². The highest BCUT2D eigenvalue weighted by Gasteiger charge is 2.44. The number of furan rings is 2. The summed E-state index contributed by atoms with van der Waals surface area (Å²) < 4.78 is 12.3. The molecule has 11 aromatic rings. The van der Waals surface area contributed by atoms with E-state index in [-0.39, 0.29) is 5.41 Å². The van der Waals surface area contributed by atoms with Crippen LogP contribution >= 0.6 is 0 Å². The summed E-state index contributed by atoms with van der Waals surface area (Å²) >= 11 is 0. The molecule has 0 radical (unpaired) electrons. The van der Waals surface area contributed by atoms with Gasteiger partial charge in [0.1, 0.15) is 22.3 Å². The summed E-state index contributed by atoms with van der Waals surface area (Å²) in [6, 6.07) is 62.4. The number of rotatable bonds is 5. The van der Waals surface area contributed by atoms with Gasteiger partial charge in [-0.25, -0.2) is 15.0 Å². The van der Waals surface area contributed by atoms with Crippen molar-refractivity contribution in [2.75, 3.05) is 0 Å². The highest BCUT2D eigenvalue weighted by molar-refractivity contribution is 6.07. The van der Waals surface area contributed by atoms with E-state index in [2.05, 4.69) is 115 Å². The monoisotopic (exact) mass is 797 g/mol. The van der Waals surface area contributed by atoms with Crippen LogP contribution in [0, 0.1) is 0 Å². The molecule has 13 rings (SSSR count). The Bertz CT molecular complexity index is 3420. The first-order valence-corrected chi connectivity index (χ1v) is 21.7. The Kier molecular flexibility index (Phi) is 7.77. The number of nitrogens with zero attached hydrogens (tertiary/aromatic N) is 3. The highest BCUT2D eigenvalue weighted by Crippen LogP contribution is 2.57. The van der Waals surface area contributed by atoms with Gasteiger partial charge in [0.15, 0.2) is 17.5 Å². The van der Waals surface area contributed by atoms with E-state index < -0.39 is 0 Å². The van der Waals surface area contributed by atoms with Crippen LogP contribution in [0.4, 0.5) is 0 Å². The van der Waals surface area contributed by atoms with Crippen LogP contribution < -0.4 is 0 Å². The molecule has 294 valence electrons. The maximum absolute atomic E-state index is 6.16. The second-order valence-corrected chi connectivity index (χ2v) is 17.0. The Hall–Kier alpha value is -7.63. The van der Waals surface area contributed by atoms with Gasteiger partial charge < -0.3 is 8.83 Å². The van der Waals surface area contributed by atoms with Crippen molar-refractivity contribution in [3.63, 3.8) is 0 Å². The van der Waals surface area contributed by atoms with Gasteiger partial charge in [-0.15, -0.1) is 0 Å². The molecule has 0 aliphatic heterocycles. The van der Waals surface area contributed by atoms with Crippen LogP contribution in [0.25, 0.3) is 111 Å². The zero-order chi connectivity index (χ0) is 40.8. The fourth-order valence-corrected chi connectivity index (χ4v) is 10.6. The lowest BCUT2D eigenvalue weighted by atomic mass is 9.68. The minimum atomic E-state index is 0.145. The molecule has 3 heterocycles. The van der Waals surface area contributed by atoms with E-state index in [1.165, 1.54) is 65.5 Å². The van der Waals surface area contributed by atoms with Gasteiger partial charge in [-0.3, -0.25) is 0 Å². The van der Waals surface area contributed by atoms with Crippen LogP contribution in [0.3, 0.4) is 0 Å². The molecule has 3 aromatic heterocycles. The average Bonchev–Trinajstić information content (AvgIpc) is 3.99. The second-order valence-electron chi connectivity index (χ2n) is 17.0. The Morgan fingerprint density at radius 3 is 1.40 bits per heavy atom. The zero-order valence-corrected chi connectivity index (χ0v) is 33.9. The topological polar surface area (TPSA) is 65.0 Å². The SMILES string of the molecule is c1ccc2c(c1)-c1c(-c3ccc(-c4ccc(-c5nc(-c6ccc7oc8ccccc8c7c6)nc(-c6ccc7oc8ccccc8c7c6)n5)cc4)cc3)cccc1C21CCCCC1. The molecule has 62 heavy (non-hydrogen) atoms. The third-order valence-electron chi connectivity index (χ3n) is 13.6. The van der Waals surface area contributed by atoms with Crippen molar-refractivity contribution in [1.82, 2.24) is 15.0 Å².